The van der Waals surface area contributed by atoms with E-state index < -0.39 is 0 Å². The average Bonchev–Trinajstić information content (AvgIpc) is 2.42. The molecular weight excluding hydrogens is 88.1 g/mol. The molecule has 0 aromatic carbocycles. The summed E-state index contributed by atoms with van der Waals surface area (Å²) >= 11 is 0. The molecule has 1 aliphatic carbocycles. The first-order chi connectivity index (χ1) is 3.43. The minimum Gasteiger partial charge on any atom is -0.379 e. The van der Waals surface area contributed by atoms with Crippen molar-refractivity contribution >= 4 is 0 Å². The smallest absolute Gasteiger partial charge is 0.0700 e. The molecule has 0 aromatic heterocycles. The van der Waals surface area contributed by atoms with Gasteiger partial charge in [0.1, 0.15) is 0 Å². The van der Waals surface area contributed by atoms with Gasteiger partial charge < -0.3 is 4.74 Å². The summed E-state index contributed by atoms with van der Waals surface area (Å²) in [7, 11) is 3.29. The van der Waals surface area contributed by atoms with E-state index in [0.717, 1.165) is 12.5 Å². The molecular formula is C6H11O. The van der Waals surface area contributed by atoms with Crippen molar-refractivity contribution < 1.29 is 4.74 Å². The predicted molar refractivity (Wildman–Crippen MR) is 28.6 cm³/mol. The maximum absolute atomic E-state index is 4.64. The Morgan fingerprint density at radius 1 is 1.57 bits per heavy atom. The van der Waals surface area contributed by atoms with Crippen LogP contribution in [-0.2, 0) is 4.74 Å². The van der Waals surface area contributed by atoms with Crippen LogP contribution in [0.25, 0.3) is 0 Å². The lowest BCUT2D eigenvalue weighted by Gasteiger charge is -1.91. The quantitative estimate of drug-likeness (QED) is 0.522. The summed E-state index contributed by atoms with van der Waals surface area (Å²) in [6.45, 7) is 0.852. The van der Waals surface area contributed by atoms with Gasteiger partial charge >= 0.3 is 0 Å². The molecule has 0 heterocycles. The van der Waals surface area contributed by atoms with Crippen LogP contribution in [-0.4, -0.2) is 6.61 Å². The minimum absolute atomic E-state index is 0.852. The Morgan fingerprint density at radius 3 is 2.71 bits per heavy atom. The van der Waals surface area contributed by atoms with E-state index in [9.17, 15) is 0 Å². The van der Waals surface area contributed by atoms with E-state index in [0.29, 0.717) is 0 Å². The first kappa shape index (κ1) is 5.10. The van der Waals surface area contributed by atoms with Gasteiger partial charge in [0.2, 0.25) is 0 Å². The molecule has 1 rings (SSSR count). The molecule has 0 amide bonds. The third kappa shape index (κ3) is 1.93. The molecule has 7 heavy (non-hydrogen) atoms. The van der Waals surface area contributed by atoms with Crippen molar-refractivity contribution in [3.63, 3.8) is 0 Å². The van der Waals surface area contributed by atoms with Gasteiger partial charge in [-0.3, -0.25) is 0 Å². The van der Waals surface area contributed by atoms with E-state index in [-0.39, 0.29) is 0 Å². The molecule has 41 valence electrons. The second-order valence-electron chi connectivity index (χ2n) is 2.14. The Balaban J connectivity index is 1.80. The second-order valence-corrected chi connectivity index (χ2v) is 2.14. The first-order valence-electron chi connectivity index (χ1n) is 2.80. The summed E-state index contributed by atoms with van der Waals surface area (Å²) < 4.78 is 4.64. The second kappa shape index (κ2) is 2.31. The van der Waals surface area contributed by atoms with Crippen LogP contribution in [0.2, 0.25) is 0 Å². The highest BCUT2D eigenvalue weighted by atomic mass is 16.5. The predicted octanol–water partition coefficient (Wildman–Crippen LogP) is 1.59. The zero-order valence-electron chi connectivity index (χ0n) is 4.52. The fraction of sp³-hybridized carbons (Fsp3) is 0.833. The molecule has 0 N–H and O–H groups in total. The topological polar surface area (TPSA) is 9.23 Å². The Kier molecular flexibility index (Phi) is 1.69. The van der Waals surface area contributed by atoms with Gasteiger partial charge in [0.05, 0.1) is 7.11 Å². The summed E-state index contributed by atoms with van der Waals surface area (Å²) in [5.74, 6) is 0.988. The van der Waals surface area contributed by atoms with Crippen molar-refractivity contribution in [2.24, 2.45) is 5.92 Å². The van der Waals surface area contributed by atoms with Crippen LogP contribution in [0.3, 0.4) is 0 Å². The van der Waals surface area contributed by atoms with E-state index in [4.69, 9.17) is 0 Å². The van der Waals surface area contributed by atoms with Gasteiger partial charge in [-0.05, 0) is 12.3 Å². The number of rotatable bonds is 3. The fourth-order valence-corrected chi connectivity index (χ4v) is 0.657. The molecule has 1 aliphatic rings. The molecule has 0 unspecified atom stereocenters. The highest BCUT2D eigenvalue weighted by Crippen LogP contribution is 2.31. The molecule has 1 heteroatoms. The molecule has 0 aliphatic heterocycles. The Hall–Kier alpha value is -0.0400. The summed E-state index contributed by atoms with van der Waals surface area (Å²) in [4.78, 5) is 0. The average molecular weight is 99.2 g/mol. The van der Waals surface area contributed by atoms with Gasteiger partial charge in [-0.15, -0.1) is 0 Å². The summed E-state index contributed by atoms with van der Waals surface area (Å²) in [6.07, 6.45) is 4.07. The summed E-state index contributed by atoms with van der Waals surface area (Å²) in [5.41, 5.74) is 0. The van der Waals surface area contributed by atoms with Crippen LogP contribution in [0, 0.1) is 13.0 Å². The Morgan fingerprint density at radius 2 is 2.29 bits per heavy atom. The van der Waals surface area contributed by atoms with Crippen molar-refractivity contribution in [1.82, 2.24) is 0 Å². The van der Waals surface area contributed by atoms with Crippen molar-refractivity contribution in [1.29, 1.82) is 0 Å². The zero-order chi connectivity index (χ0) is 5.11. The maximum Gasteiger partial charge on any atom is 0.0700 e. The van der Waals surface area contributed by atoms with Crippen LogP contribution in [0.15, 0.2) is 0 Å². The highest BCUT2D eigenvalue weighted by Gasteiger charge is 2.19. The van der Waals surface area contributed by atoms with E-state index in [2.05, 4.69) is 11.8 Å². The van der Waals surface area contributed by atoms with Gasteiger partial charge in [-0.2, -0.15) is 0 Å². The summed E-state index contributed by atoms with van der Waals surface area (Å²) in [5, 5.41) is 0. The molecule has 0 bridgehead atoms. The molecule has 0 saturated heterocycles. The normalized spacial score (nSPS) is 20.1. The van der Waals surface area contributed by atoms with Crippen LogP contribution >= 0.6 is 0 Å². The lowest BCUT2D eigenvalue weighted by Crippen LogP contribution is -1.85. The number of hydrogen-bond acceptors (Lipinski definition) is 1. The Labute approximate surface area is 44.7 Å². The van der Waals surface area contributed by atoms with Crippen LogP contribution in [0.4, 0.5) is 0 Å². The van der Waals surface area contributed by atoms with Gasteiger partial charge in [0, 0.05) is 6.61 Å². The lowest BCUT2D eigenvalue weighted by molar-refractivity contribution is 0.231. The third-order valence-corrected chi connectivity index (χ3v) is 1.37. The zero-order valence-corrected chi connectivity index (χ0v) is 4.52. The molecule has 1 saturated carbocycles. The first-order valence-corrected chi connectivity index (χ1v) is 2.80. The van der Waals surface area contributed by atoms with E-state index in [1.807, 2.05) is 0 Å². The van der Waals surface area contributed by atoms with Gasteiger partial charge in [0.15, 0.2) is 0 Å². The van der Waals surface area contributed by atoms with E-state index in [1.54, 1.807) is 0 Å². The largest absolute Gasteiger partial charge is 0.379 e. The van der Waals surface area contributed by atoms with Crippen molar-refractivity contribution in [3.8, 4) is 0 Å². The third-order valence-electron chi connectivity index (χ3n) is 1.37. The minimum atomic E-state index is 0.852. The van der Waals surface area contributed by atoms with Gasteiger partial charge in [0.25, 0.3) is 0 Å². The highest BCUT2D eigenvalue weighted by molar-refractivity contribution is 4.72. The molecule has 0 spiro atoms. The van der Waals surface area contributed by atoms with Crippen molar-refractivity contribution in [2.45, 2.75) is 19.3 Å². The lowest BCUT2D eigenvalue weighted by atomic mass is 10.3. The van der Waals surface area contributed by atoms with Crippen LogP contribution in [0.1, 0.15) is 19.3 Å². The van der Waals surface area contributed by atoms with E-state index in [1.165, 1.54) is 19.3 Å². The fourth-order valence-electron chi connectivity index (χ4n) is 0.657. The maximum atomic E-state index is 4.64. The molecule has 1 fully saturated rings. The Bertz CT molecular complexity index is 48.1. The molecule has 0 aromatic rings. The van der Waals surface area contributed by atoms with Crippen molar-refractivity contribution in [2.75, 3.05) is 6.61 Å². The molecule has 1 radical (unpaired) electrons. The number of ether oxygens (including phenoxy) is 1. The molecule has 0 atom stereocenters. The monoisotopic (exact) mass is 99.1 g/mol. The van der Waals surface area contributed by atoms with Crippen LogP contribution < -0.4 is 0 Å². The standard InChI is InChI=1S/C6H11O/c1-7-5-4-6-2-3-6/h6H,1-5H2. The van der Waals surface area contributed by atoms with Gasteiger partial charge in [-0.1, -0.05) is 12.8 Å². The van der Waals surface area contributed by atoms with E-state index >= 15 is 0 Å². The van der Waals surface area contributed by atoms with Gasteiger partial charge in [-0.25, -0.2) is 0 Å². The summed E-state index contributed by atoms with van der Waals surface area (Å²) in [6, 6.07) is 0. The number of hydrogen-bond donors (Lipinski definition) is 0. The molecule has 1 nitrogen and oxygen atoms in total. The SMILES string of the molecule is [CH2]OCCC1CC1. The van der Waals surface area contributed by atoms with Crippen molar-refractivity contribution in [3.05, 3.63) is 7.11 Å². The van der Waals surface area contributed by atoms with Crippen LogP contribution in [0.5, 0.6) is 0 Å².